The van der Waals surface area contributed by atoms with Gasteiger partial charge in [-0.1, -0.05) is 12.1 Å². The maximum atomic E-state index is 12.4. The summed E-state index contributed by atoms with van der Waals surface area (Å²) < 4.78 is 1.90. The summed E-state index contributed by atoms with van der Waals surface area (Å²) in [6.45, 7) is 1.62. The van der Waals surface area contributed by atoms with E-state index >= 15 is 0 Å². The number of carboxylic acid groups (broad SMARTS) is 1. The van der Waals surface area contributed by atoms with Gasteiger partial charge < -0.3 is 10.4 Å². The van der Waals surface area contributed by atoms with Crippen molar-refractivity contribution in [2.24, 2.45) is 13.0 Å². The summed E-state index contributed by atoms with van der Waals surface area (Å²) in [6, 6.07) is 8.79. The monoisotopic (exact) mass is 370 g/mol. The Bertz CT molecular complexity index is 817. The second-order valence-electron chi connectivity index (χ2n) is 7.19. The van der Waals surface area contributed by atoms with Crippen LogP contribution in [0.15, 0.2) is 36.5 Å². The molecule has 7 heteroatoms. The lowest BCUT2D eigenvalue weighted by Gasteiger charge is -2.39. The van der Waals surface area contributed by atoms with Gasteiger partial charge in [-0.25, -0.2) is 4.79 Å². The van der Waals surface area contributed by atoms with Crippen LogP contribution in [0.25, 0.3) is 0 Å². The van der Waals surface area contributed by atoms with Crippen LogP contribution in [0.4, 0.5) is 0 Å². The van der Waals surface area contributed by atoms with Crippen molar-refractivity contribution < 1.29 is 14.7 Å². The minimum absolute atomic E-state index is 0.0884. The van der Waals surface area contributed by atoms with Gasteiger partial charge in [0.05, 0.1) is 23.7 Å². The Balaban J connectivity index is 1.62. The fourth-order valence-corrected chi connectivity index (χ4v) is 3.92. The first-order valence-electron chi connectivity index (χ1n) is 9.23. The van der Waals surface area contributed by atoms with Gasteiger partial charge in [0.25, 0.3) is 0 Å². The molecule has 1 aromatic heterocycles. The van der Waals surface area contributed by atoms with Gasteiger partial charge in [-0.2, -0.15) is 5.10 Å². The number of amides is 1. The van der Waals surface area contributed by atoms with Crippen LogP contribution in [0.5, 0.6) is 0 Å². The molecule has 3 rings (SSSR count). The Morgan fingerprint density at radius 3 is 2.81 bits per heavy atom. The molecule has 1 saturated heterocycles. The number of piperidine rings is 1. The molecule has 144 valence electrons. The number of aromatic carboxylic acids is 1. The van der Waals surface area contributed by atoms with Gasteiger partial charge in [-0.3, -0.25) is 14.4 Å². The van der Waals surface area contributed by atoms with Gasteiger partial charge in [0.1, 0.15) is 0 Å². The SMILES string of the molecule is CN1CCC[C@@H](CNC(=O)Cc2cccc(C(=O)O)c2)[C@@H]1c1ccnn1C. The zero-order valence-corrected chi connectivity index (χ0v) is 15.8. The van der Waals surface area contributed by atoms with E-state index in [1.165, 1.54) is 6.07 Å². The van der Waals surface area contributed by atoms with Crippen LogP contribution in [0, 0.1) is 5.92 Å². The summed E-state index contributed by atoms with van der Waals surface area (Å²) in [5, 5.41) is 16.4. The second-order valence-corrected chi connectivity index (χ2v) is 7.19. The first kappa shape index (κ1) is 19.1. The van der Waals surface area contributed by atoms with Crippen LogP contribution >= 0.6 is 0 Å². The van der Waals surface area contributed by atoms with Crippen molar-refractivity contribution in [2.75, 3.05) is 20.1 Å². The fourth-order valence-electron chi connectivity index (χ4n) is 3.92. The fraction of sp³-hybridized carbons (Fsp3) is 0.450. The van der Waals surface area contributed by atoms with E-state index in [-0.39, 0.29) is 23.9 Å². The second kappa shape index (κ2) is 8.35. The van der Waals surface area contributed by atoms with E-state index in [0.717, 1.165) is 25.1 Å². The standard InChI is InChI=1S/C20H26N4O3/c1-23-10-4-7-16(19(23)17-8-9-22-24(17)2)13-21-18(25)12-14-5-3-6-15(11-14)20(26)27/h3,5-6,8-9,11,16,19H,4,7,10,12-13H2,1-2H3,(H,21,25)(H,26,27)/t16-,19+/m0/s1. The molecule has 0 radical (unpaired) electrons. The third kappa shape index (κ3) is 4.54. The predicted molar refractivity (Wildman–Crippen MR) is 101 cm³/mol. The molecule has 27 heavy (non-hydrogen) atoms. The van der Waals surface area contributed by atoms with E-state index in [1.54, 1.807) is 18.2 Å². The van der Waals surface area contributed by atoms with Crippen LogP contribution < -0.4 is 5.32 Å². The first-order chi connectivity index (χ1) is 13.0. The maximum Gasteiger partial charge on any atom is 0.335 e. The smallest absolute Gasteiger partial charge is 0.335 e. The van der Waals surface area contributed by atoms with E-state index in [0.29, 0.717) is 18.0 Å². The number of nitrogens with zero attached hydrogens (tertiary/aromatic N) is 3. The number of likely N-dealkylation sites (tertiary alicyclic amines) is 1. The van der Waals surface area contributed by atoms with E-state index in [9.17, 15) is 9.59 Å². The van der Waals surface area contributed by atoms with Crippen molar-refractivity contribution >= 4 is 11.9 Å². The zero-order chi connectivity index (χ0) is 19.4. The maximum absolute atomic E-state index is 12.4. The summed E-state index contributed by atoms with van der Waals surface area (Å²) in [5.41, 5.74) is 2.06. The van der Waals surface area contributed by atoms with E-state index in [2.05, 4.69) is 22.4 Å². The lowest BCUT2D eigenvalue weighted by Crippen LogP contribution is -2.42. The third-order valence-corrected chi connectivity index (χ3v) is 5.27. The molecule has 0 bridgehead atoms. The van der Waals surface area contributed by atoms with E-state index in [4.69, 9.17) is 5.11 Å². The summed E-state index contributed by atoms with van der Waals surface area (Å²) in [5.74, 6) is -0.760. The number of aryl methyl sites for hydroxylation is 1. The Morgan fingerprint density at radius 2 is 2.11 bits per heavy atom. The van der Waals surface area contributed by atoms with E-state index in [1.807, 2.05) is 24.0 Å². The molecule has 0 aliphatic carbocycles. The van der Waals surface area contributed by atoms with Crippen molar-refractivity contribution in [3.8, 4) is 0 Å². The van der Waals surface area contributed by atoms with E-state index < -0.39 is 5.97 Å². The van der Waals surface area contributed by atoms with Gasteiger partial charge >= 0.3 is 5.97 Å². The average molecular weight is 370 g/mol. The molecule has 1 aliphatic rings. The Labute approximate surface area is 159 Å². The predicted octanol–water partition coefficient (Wildman–Crippen LogP) is 1.86. The minimum atomic E-state index is -0.985. The normalized spacial score (nSPS) is 20.4. The molecule has 7 nitrogen and oxygen atoms in total. The van der Waals surface area contributed by atoms with Gasteiger partial charge in [-0.05, 0) is 56.1 Å². The molecule has 2 heterocycles. The number of nitrogens with one attached hydrogen (secondary N) is 1. The average Bonchev–Trinajstić information content (AvgIpc) is 3.05. The van der Waals surface area contributed by atoms with Crippen molar-refractivity contribution in [1.29, 1.82) is 0 Å². The largest absolute Gasteiger partial charge is 0.478 e. The number of benzene rings is 1. The Hall–Kier alpha value is -2.67. The highest BCUT2D eigenvalue weighted by atomic mass is 16.4. The molecule has 1 aromatic carbocycles. The first-order valence-corrected chi connectivity index (χ1v) is 9.23. The van der Waals surface area contributed by atoms with Gasteiger partial charge in [-0.15, -0.1) is 0 Å². The van der Waals surface area contributed by atoms with Gasteiger partial charge in [0, 0.05) is 19.8 Å². The molecule has 1 amide bonds. The molecule has 2 N–H and O–H groups in total. The molecule has 2 aromatic rings. The number of carboxylic acids is 1. The number of carbonyl (C=O) groups excluding carboxylic acids is 1. The van der Waals surface area contributed by atoms with Crippen molar-refractivity contribution in [2.45, 2.75) is 25.3 Å². The summed E-state index contributed by atoms with van der Waals surface area (Å²) in [6.07, 6.45) is 4.14. The molecule has 1 aliphatic heterocycles. The van der Waals surface area contributed by atoms with Crippen LogP contribution in [-0.2, 0) is 18.3 Å². The van der Waals surface area contributed by atoms with Crippen molar-refractivity contribution in [3.05, 3.63) is 53.3 Å². The third-order valence-electron chi connectivity index (χ3n) is 5.27. The summed E-state index contributed by atoms with van der Waals surface area (Å²) in [4.78, 5) is 25.8. The number of carbonyl (C=O) groups is 2. The Kier molecular flexibility index (Phi) is 5.91. The molecular weight excluding hydrogens is 344 g/mol. The van der Waals surface area contributed by atoms with Crippen LogP contribution in [0.1, 0.15) is 40.5 Å². The molecule has 1 fully saturated rings. The molecule has 0 unspecified atom stereocenters. The summed E-state index contributed by atoms with van der Waals surface area (Å²) >= 11 is 0. The number of rotatable bonds is 6. The van der Waals surface area contributed by atoms with Crippen molar-refractivity contribution in [3.63, 3.8) is 0 Å². The van der Waals surface area contributed by atoms with Gasteiger partial charge in [0.2, 0.25) is 5.91 Å². The summed E-state index contributed by atoms with van der Waals surface area (Å²) in [7, 11) is 4.06. The lowest BCUT2D eigenvalue weighted by molar-refractivity contribution is -0.120. The molecule has 0 saturated carbocycles. The van der Waals surface area contributed by atoms with Crippen LogP contribution in [0.2, 0.25) is 0 Å². The number of aromatic nitrogens is 2. The molecule has 0 spiro atoms. The highest BCUT2D eigenvalue weighted by molar-refractivity contribution is 5.88. The number of hydrogen-bond acceptors (Lipinski definition) is 4. The zero-order valence-electron chi connectivity index (χ0n) is 15.8. The van der Waals surface area contributed by atoms with Gasteiger partial charge in [0.15, 0.2) is 0 Å². The van der Waals surface area contributed by atoms with Crippen LogP contribution in [-0.4, -0.2) is 51.8 Å². The lowest BCUT2D eigenvalue weighted by atomic mass is 9.87. The van der Waals surface area contributed by atoms with Crippen LogP contribution in [0.3, 0.4) is 0 Å². The highest BCUT2D eigenvalue weighted by Gasteiger charge is 2.32. The number of hydrogen-bond donors (Lipinski definition) is 2. The Morgan fingerprint density at radius 1 is 1.30 bits per heavy atom. The topological polar surface area (TPSA) is 87.5 Å². The van der Waals surface area contributed by atoms with Crippen molar-refractivity contribution in [1.82, 2.24) is 20.0 Å². The highest BCUT2D eigenvalue weighted by Crippen LogP contribution is 2.34. The quantitative estimate of drug-likeness (QED) is 0.810. The minimum Gasteiger partial charge on any atom is -0.478 e. The molecular formula is C20H26N4O3. The molecule has 2 atom stereocenters.